The summed E-state index contributed by atoms with van der Waals surface area (Å²) >= 11 is 1.31. The van der Waals surface area contributed by atoms with E-state index in [1.807, 2.05) is 19.9 Å². The highest BCUT2D eigenvalue weighted by Crippen LogP contribution is 2.21. The number of thiazole rings is 1. The summed E-state index contributed by atoms with van der Waals surface area (Å²) in [5.74, 6) is -0.537. The Kier molecular flexibility index (Phi) is 5.51. The summed E-state index contributed by atoms with van der Waals surface area (Å²) in [6.07, 6.45) is 0.538. The molecular weight excluding hydrogens is 365 g/mol. The standard InChI is InChI=1S/C20H20FN3O2S/c1-11-8-12(2)23-19(25)16(11)10-22-20(26)18-13(3)24-17(27-18)9-14-4-6-15(21)7-5-14/h4-8H,9-10H2,1-3H3,(H,22,26)(H,23,25). The van der Waals surface area contributed by atoms with Gasteiger partial charge in [0.2, 0.25) is 0 Å². The quantitative estimate of drug-likeness (QED) is 0.707. The number of aryl methyl sites for hydroxylation is 3. The molecule has 27 heavy (non-hydrogen) atoms. The van der Waals surface area contributed by atoms with Gasteiger partial charge in [-0.2, -0.15) is 0 Å². The highest BCUT2D eigenvalue weighted by Gasteiger charge is 2.16. The first-order valence-corrected chi connectivity index (χ1v) is 9.33. The van der Waals surface area contributed by atoms with Crippen LogP contribution in [0.1, 0.15) is 42.8 Å². The lowest BCUT2D eigenvalue weighted by Gasteiger charge is -2.07. The third-order valence-corrected chi connectivity index (χ3v) is 5.39. The molecule has 0 spiro atoms. The van der Waals surface area contributed by atoms with E-state index in [-0.39, 0.29) is 23.8 Å². The molecule has 0 fully saturated rings. The van der Waals surface area contributed by atoms with Crippen LogP contribution in [0.2, 0.25) is 0 Å². The Morgan fingerprint density at radius 3 is 2.59 bits per heavy atom. The predicted octanol–water partition coefficient (Wildman–Crippen LogP) is 3.42. The Labute approximate surface area is 160 Å². The molecule has 0 aliphatic rings. The van der Waals surface area contributed by atoms with Crippen molar-refractivity contribution in [3.05, 3.63) is 84.5 Å². The third-order valence-electron chi connectivity index (χ3n) is 4.24. The fourth-order valence-electron chi connectivity index (χ4n) is 2.87. The van der Waals surface area contributed by atoms with E-state index >= 15 is 0 Å². The summed E-state index contributed by atoms with van der Waals surface area (Å²) < 4.78 is 13.0. The first-order chi connectivity index (χ1) is 12.8. The summed E-state index contributed by atoms with van der Waals surface area (Å²) in [5.41, 5.74) is 3.56. The molecule has 0 aliphatic carbocycles. The average molecular weight is 385 g/mol. The molecule has 1 aromatic carbocycles. The minimum Gasteiger partial charge on any atom is -0.347 e. The maximum Gasteiger partial charge on any atom is 0.263 e. The van der Waals surface area contributed by atoms with Gasteiger partial charge in [0, 0.05) is 24.2 Å². The number of rotatable bonds is 5. The monoisotopic (exact) mass is 385 g/mol. The zero-order chi connectivity index (χ0) is 19.6. The fourth-order valence-corrected chi connectivity index (χ4v) is 3.88. The molecule has 0 atom stereocenters. The Morgan fingerprint density at radius 1 is 1.22 bits per heavy atom. The number of amides is 1. The molecule has 140 valence electrons. The molecular formula is C20H20FN3O2S. The topological polar surface area (TPSA) is 74.8 Å². The second-order valence-corrected chi connectivity index (χ2v) is 7.53. The van der Waals surface area contributed by atoms with Gasteiger partial charge in [0.25, 0.3) is 11.5 Å². The van der Waals surface area contributed by atoms with Gasteiger partial charge in [-0.1, -0.05) is 12.1 Å². The van der Waals surface area contributed by atoms with E-state index in [1.54, 1.807) is 19.1 Å². The van der Waals surface area contributed by atoms with E-state index < -0.39 is 0 Å². The van der Waals surface area contributed by atoms with Gasteiger partial charge in [-0.3, -0.25) is 9.59 Å². The summed E-state index contributed by atoms with van der Waals surface area (Å²) in [5, 5.41) is 3.59. The molecule has 2 aromatic heterocycles. The largest absolute Gasteiger partial charge is 0.347 e. The van der Waals surface area contributed by atoms with Crippen LogP contribution >= 0.6 is 11.3 Å². The number of aromatic amines is 1. The number of carbonyl (C=O) groups is 1. The van der Waals surface area contributed by atoms with Gasteiger partial charge in [-0.25, -0.2) is 9.37 Å². The van der Waals surface area contributed by atoms with Crippen LogP contribution in [0.3, 0.4) is 0 Å². The van der Waals surface area contributed by atoms with Gasteiger partial charge in [0.05, 0.1) is 10.7 Å². The Balaban J connectivity index is 1.71. The highest BCUT2D eigenvalue weighted by atomic mass is 32.1. The number of hydrogen-bond acceptors (Lipinski definition) is 4. The fraction of sp³-hybridized carbons (Fsp3) is 0.250. The molecule has 0 aliphatic heterocycles. The molecule has 5 nitrogen and oxygen atoms in total. The van der Waals surface area contributed by atoms with Crippen LogP contribution < -0.4 is 10.9 Å². The third kappa shape index (κ3) is 4.49. The van der Waals surface area contributed by atoms with Crippen molar-refractivity contribution in [3.63, 3.8) is 0 Å². The van der Waals surface area contributed by atoms with Gasteiger partial charge >= 0.3 is 0 Å². The zero-order valence-corrected chi connectivity index (χ0v) is 16.2. The smallest absolute Gasteiger partial charge is 0.263 e. The molecule has 0 saturated carbocycles. The lowest BCUT2D eigenvalue weighted by atomic mass is 10.1. The molecule has 2 heterocycles. The lowest BCUT2D eigenvalue weighted by molar-refractivity contribution is 0.0954. The average Bonchev–Trinajstić information content (AvgIpc) is 2.96. The number of aromatic nitrogens is 2. The van der Waals surface area contributed by atoms with Crippen LogP contribution in [0.25, 0.3) is 0 Å². The maximum atomic E-state index is 13.0. The maximum absolute atomic E-state index is 13.0. The molecule has 7 heteroatoms. The van der Waals surface area contributed by atoms with Crippen molar-refractivity contribution in [1.29, 1.82) is 0 Å². The van der Waals surface area contributed by atoms with E-state index in [1.165, 1.54) is 23.5 Å². The van der Waals surface area contributed by atoms with Crippen LogP contribution in [0.5, 0.6) is 0 Å². The summed E-state index contributed by atoms with van der Waals surface area (Å²) in [6, 6.07) is 8.11. The first kappa shape index (κ1) is 19.0. The van der Waals surface area contributed by atoms with Crippen molar-refractivity contribution < 1.29 is 9.18 Å². The Morgan fingerprint density at radius 2 is 1.93 bits per heavy atom. The summed E-state index contributed by atoms with van der Waals surface area (Å²) in [7, 11) is 0. The Hall–Kier alpha value is -2.80. The van der Waals surface area contributed by atoms with Crippen molar-refractivity contribution in [1.82, 2.24) is 15.3 Å². The van der Waals surface area contributed by atoms with E-state index in [2.05, 4.69) is 15.3 Å². The number of benzene rings is 1. The minimum absolute atomic E-state index is 0.158. The highest BCUT2D eigenvalue weighted by molar-refractivity contribution is 7.13. The number of nitrogens with one attached hydrogen (secondary N) is 2. The molecule has 0 bridgehead atoms. The summed E-state index contributed by atoms with van der Waals surface area (Å²) in [6.45, 7) is 5.61. The van der Waals surface area contributed by atoms with Crippen LogP contribution in [0.15, 0.2) is 35.1 Å². The molecule has 1 amide bonds. The van der Waals surface area contributed by atoms with Crippen molar-refractivity contribution in [2.24, 2.45) is 0 Å². The molecule has 2 N–H and O–H groups in total. The van der Waals surface area contributed by atoms with E-state index in [9.17, 15) is 14.0 Å². The van der Waals surface area contributed by atoms with Gasteiger partial charge in [0.15, 0.2) is 0 Å². The van der Waals surface area contributed by atoms with Gasteiger partial charge in [-0.05, 0) is 50.1 Å². The first-order valence-electron chi connectivity index (χ1n) is 8.52. The predicted molar refractivity (Wildman–Crippen MR) is 104 cm³/mol. The van der Waals surface area contributed by atoms with Gasteiger partial charge in [-0.15, -0.1) is 11.3 Å². The van der Waals surface area contributed by atoms with Crippen LogP contribution in [0, 0.1) is 26.6 Å². The molecule has 0 radical (unpaired) electrons. The van der Waals surface area contributed by atoms with Gasteiger partial charge < -0.3 is 10.3 Å². The zero-order valence-electron chi connectivity index (χ0n) is 15.4. The van der Waals surface area contributed by atoms with Crippen LogP contribution in [0.4, 0.5) is 4.39 Å². The van der Waals surface area contributed by atoms with Crippen LogP contribution in [-0.4, -0.2) is 15.9 Å². The number of halogens is 1. The molecule has 3 aromatic rings. The van der Waals surface area contributed by atoms with Gasteiger partial charge in [0.1, 0.15) is 10.7 Å². The minimum atomic E-state index is -0.282. The Bertz CT molecular complexity index is 1040. The molecule has 0 unspecified atom stereocenters. The second-order valence-electron chi connectivity index (χ2n) is 6.45. The normalized spacial score (nSPS) is 10.8. The summed E-state index contributed by atoms with van der Waals surface area (Å²) in [4.78, 5) is 32.3. The molecule has 3 rings (SSSR count). The number of H-pyrrole nitrogens is 1. The van der Waals surface area contributed by atoms with Crippen molar-refractivity contribution in [2.75, 3.05) is 0 Å². The number of hydrogen-bond donors (Lipinski definition) is 2. The van der Waals surface area contributed by atoms with E-state index in [0.29, 0.717) is 22.6 Å². The van der Waals surface area contributed by atoms with E-state index in [4.69, 9.17) is 0 Å². The molecule has 0 saturated heterocycles. The number of carbonyl (C=O) groups excluding carboxylic acids is 1. The van der Waals surface area contributed by atoms with Crippen molar-refractivity contribution >= 4 is 17.2 Å². The van der Waals surface area contributed by atoms with E-state index in [0.717, 1.165) is 21.8 Å². The number of nitrogens with zero attached hydrogens (tertiary/aromatic N) is 1. The lowest BCUT2D eigenvalue weighted by Crippen LogP contribution is -2.27. The second kappa shape index (κ2) is 7.84. The van der Waals surface area contributed by atoms with Crippen molar-refractivity contribution in [2.45, 2.75) is 33.7 Å². The van der Waals surface area contributed by atoms with Crippen molar-refractivity contribution in [3.8, 4) is 0 Å². The van der Waals surface area contributed by atoms with Crippen LogP contribution in [-0.2, 0) is 13.0 Å². The SMILES string of the molecule is Cc1cc(C)c(CNC(=O)c2sc(Cc3ccc(F)cc3)nc2C)c(=O)[nH]1. The number of pyridine rings is 1.